The van der Waals surface area contributed by atoms with Gasteiger partial charge in [-0.05, 0) is 37.2 Å². The average molecular weight is 265 g/mol. The number of halogens is 1. The summed E-state index contributed by atoms with van der Waals surface area (Å²) in [5, 5.41) is 8.52. The van der Waals surface area contributed by atoms with E-state index >= 15 is 0 Å². The summed E-state index contributed by atoms with van der Waals surface area (Å²) >= 11 is 0. The SMILES string of the molecule is CCCN(CC)Cc1ccc(C=CC(=O)O)cc1F. The number of hydrogen-bond acceptors (Lipinski definition) is 2. The molecule has 0 bridgehead atoms. The normalized spacial score (nSPS) is 11.4. The lowest BCUT2D eigenvalue weighted by Gasteiger charge is -2.19. The highest BCUT2D eigenvalue weighted by Gasteiger charge is 2.07. The Balaban J connectivity index is 2.79. The van der Waals surface area contributed by atoms with Crippen molar-refractivity contribution in [3.05, 3.63) is 41.2 Å². The Morgan fingerprint density at radius 2 is 2.16 bits per heavy atom. The molecule has 0 heterocycles. The molecule has 0 saturated heterocycles. The summed E-state index contributed by atoms with van der Waals surface area (Å²) in [5.41, 5.74) is 1.20. The number of nitrogens with zero attached hydrogens (tertiary/aromatic N) is 1. The predicted molar refractivity (Wildman–Crippen MR) is 74.3 cm³/mol. The molecule has 1 N–H and O–H groups in total. The van der Waals surface area contributed by atoms with Gasteiger partial charge in [-0.25, -0.2) is 9.18 Å². The molecule has 1 aromatic carbocycles. The quantitative estimate of drug-likeness (QED) is 0.770. The maximum atomic E-state index is 13.9. The van der Waals surface area contributed by atoms with Gasteiger partial charge in [-0.3, -0.25) is 4.90 Å². The largest absolute Gasteiger partial charge is 0.478 e. The molecule has 0 aromatic heterocycles. The van der Waals surface area contributed by atoms with Crippen LogP contribution in [0.3, 0.4) is 0 Å². The summed E-state index contributed by atoms with van der Waals surface area (Å²) in [5.74, 6) is -1.33. The topological polar surface area (TPSA) is 40.5 Å². The van der Waals surface area contributed by atoms with Crippen molar-refractivity contribution in [1.29, 1.82) is 0 Å². The minimum atomic E-state index is -1.04. The third-order valence-corrected chi connectivity index (χ3v) is 2.88. The molecule has 0 fully saturated rings. The van der Waals surface area contributed by atoms with E-state index in [4.69, 9.17) is 5.11 Å². The lowest BCUT2D eigenvalue weighted by Crippen LogP contribution is -2.24. The van der Waals surface area contributed by atoms with Crippen LogP contribution in [0.2, 0.25) is 0 Å². The van der Waals surface area contributed by atoms with Crippen LogP contribution in [-0.2, 0) is 11.3 Å². The zero-order chi connectivity index (χ0) is 14.3. The summed E-state index contributed by atoms with van der Waals surface area (Å²) in [6.45, 7) is 6.56. The lowest BCUT2D eigenvalue weighted by molar-refractivity contribution is -0.131. The van der Waals surface area contributed by atoms with Crippen molar-refractivity contribution in [2.45, 2.75) is 26.8 Å². The van der Waals surface area contributed by atoms with Gasteiger partial charge < -0.3 is 5.11 Å². The molecule has 0 radical (unpaired) electrons. The van der Waals surface area contributed by atoms with E-state index in [1.807, 2.05) is 0 Å². The lowest BCUT2D eigenvalue weighted by atomic mass is 10.1. The smallest absolute Gasteiger partial charge is 0.328 e. The highest BCUT2D eigenvalue weighted by Crippen LogP contribution is 2.14. The van der Waals surface area contributed by atoms with E-state index in [1.165, 1.54) is 12.1 Å². The van der Waals surface area contributed by atoms with Gasteiger partial charge in [0, 0.05) is 18.2 Å². The molecule has 1 aromatic rings. The Bertz CT molecular complexity index is 457. The van der Waals surface area contributed by atoms with Gasteiger partial charge in [0.25, 0.3) is 0 Å². The summed E-state index contributed by atoms with van der Waals surface area (Å²) < 4.78 is 13.9. The van der Waals surface area contributed by atoms with E-state index in [9.17, 15) is 9.18 Å². The van der Waals surface area contributed by atoms with Crippen LogP contribution in [0.4, 0.5) is 4.39 Å². The van der Waals surface area contributed by atoms with E-state index in [0.29, 0.717) is 17.7 Å². The molecule has 0 aliphatic rings. The van der Waals surface area contributed by atoms with Gasteiger partial charge >= 0.3 is 5.97 Å². The van der Waals surface area contributed by atoms with Crippen LogP contribution < -0.4 is 0 Å². The second-order valence-electron chi connectivity index (χ2n) is 4.39. The maximum Gasteiger partial charge on any atom is 0.328 e. The molecule has 4 heteroatoms. The third kappa shape index (κ3) is 5.22. The summed E-state index contributed by atoms with van der Waals surface area (Å²) in [4.78, 5) is 12.6. The van der Waals surface area contributed by atoms with Gasteiger partial charge in [-0.2, -0.15) is 0 Å². The molecule has 0 saturated carbocycles. The highest BCUT2D eigenvalue weighted by molar-refractivity contribution is 5.85. The molecule has 1 rings (SSSR count). The van der Waals surface area contributed by atoms with E-state index in [2.05, 4.69) is 18.7 Å². The average Bonchev–Trinajstić information content (AvgIpc) is 2.38. The van der Waals surface area contributed by atoms with E-state index < -0.39 is 5.97 Å². The van der Waals surface area contributed by atoms with Crippen molar-refractivity contribution in [1.82, 2.24) is 4.90 Å². The fraction of sp³-hybridized carbons (Fsp3) is 0.400. The molecule has 0 aliphatic carbocycles. The van der Waals surface area contributed by atoms with Gasteiger partial charge in [0.2, 0.25) is 0 Å². The van der Waals surface area contributed by atoms with Gasteiger partial charge in [0.05, 0.1) is 0 Å². The Labute approximate surface area is 113 Å². The first-order chi connectivity index (χ1) is 9.06. The van der Waals surface area contributed by atoms with Crippen molar-refractivity contribution < 1.29 is 14.3 Å². The maximum absolute atomic E-state index is 13.9. The van der Waals surface area contributed by atoms with Gasteiger partial charge in [-0.15, -0.1) is 0 Å². The summed E-state index contributed by atoms with van der Waals surface area (Å²) in [7, 11) is 0. The van der Waals surface area contributed by atoms with Gasteiger partial charge in [0.1, 0.15) is 5.82 Å². The molecular weight excluding hydrogens is 245 g/mol. The van der Waals surface area contributed by atoms with Crippen molar-refractivity contribution in [2.75, 3.05) is 13.1 Å². The molecule has 104 valence electrons. The van der Waals surface area contributed by atoms with Gasteiger partial charge in [0.15, 0.2) is 0 Å². The standard InChI is InChI=1S/C15H20FNO2/c1-3-9-17(4-2)11-13-7-5-12(10-14(13)16)6-8-15(18)19/h5-8,10H,3-4,9,11H2,1-2H3,(H,18,19). The monoisotopic (exact) mass is 265 g/mol. The first-order valence-corrected chi connectivity index (χ1v) is 6.48. The van der Waals surface area contributed by atoms with E-state index in [1.54, 1.807) is 12.1 Å². The second-order valence-corrected chi connectivity index (χ2v) is 4.39. The Hall–Kier alpha value is -1.68. The van der Waals surface area contributed by atoms with Crippen LogP contribution in [0.15, 0.2) is 24.3 Å². The molecule has 0 unspecified atom stereocenters. The molecule has 0 atom stereocenters. The van der Waals surface area contributed by atoms with Crippen molar-refractivity contribution >= 4 is 12.0 Å². The van der Waals surface area contributed by atoms with Crippen LogP contribution in [0, 0.1) is 5.82 Å². The third-order valence-electron chi connectivity index (χ3n) is 2.88. The number of carbonyl (C=O) groups is 1. The Kier molecular flexibility index (Phi) is 6.22. The van der Waals surface area contributed by atoms with Crippen LogP contribution in [-0.4, -0.2) is 29.1 Å². The summed E-state index contributed by atoms with van der Waals surface area (Å²) in [6.07, 6.45) is 3.43. The number of hydrogen-bond donors (Lipinski definition) is 1. The fourth-order valence-corrected chi connectivity index (χ4v) is 1.87. The van der Waals surface area contributed by atoms with Crippen molar-refractivity contribution in [3.8, 4) is 0 Å². The zero-order valence-electron chi connectivity index (χ0n) is 11.4. The van der Waals surface area contributed by atoms with Gasteiger partial charge in [-0.1, -0.05) is 26.0 Å². The highest BCUT2D eigenvalue weighted by atomic mass is 19.1. The summed E-state index contributed by atoms with van der Waals surface area (Å²) in [6, 6.07) is 4.82. The molecule has 0 spiro atoms. The second kappa shape index (κ2) is 7.69. The molecule has 19 heavy (non-hydrogen) atoms. The molecule has 3 nitrogen and oxygen atoms in total. The van der Waals surface area contributed by atoms with Crippen LogP contribution in [0.25, 0.3) is 6.08 Å². The van der Waals surface area contributed by atoms with Crippen LogP contribution in [0.1, 0.15) is 31.4 Å². The molecule has 0 aliphatic heterocycles. The minimum Gasteiger partial charge on any atom is -0.478 e. The molecular formula is C15H20FNO2. The fourth-order valence-electron chi connectivity index (χ4n) is 1.87. The molecule has 0 amide bonds. The van der Waals surface area contributed by atoms with Crippen LogP contribution in [0.5, 0.6) is 0 Å². The predicted octanol–water partition coefficient (Wildman–Crippen LogP) is 3.16. The Morgan fingerprint density at radius 3 is 2.68 bits per heavy atom. The number of carboxylic acid groups (broad SMARTS) is 1. The Morgan fingerprint density at radius 1 is 1.42 bits per heavy atom. The first-order valence-electron chi connectivity index (χ1n) is 6.48. The van der Waals surface area contributed by atoms with E-state index in [0.717, 1.165) is 25.6 Å². The van der Waals surface area contributed by atoms with Crippen LogP contribution >= 0.6 is 0 Å². The number of rotatable bonds is 7. The zero-order valence-corrected chi connectivity index (χ0v) is 11.4. The van der Waals surface area contributed by atoms with Crippen molar-refractivity contribution in [2.24, 2.45) is 0 Å². The number of carboxylic acids is 1. The number of benzene rings is 1. The minimum absolute atomic E-state index is 0.290. The number of aliphatic carboxylic acids is 1. The van der Waals surface area contributed by atoms with E-state index in [-0.39, 0.29) is 5.82 Å². The van der Waals surface area contributed by atoms with Crippen molar-refractivity contribution in [3.63, 3.8) is 0 Å². The first kappa shape index (κ1) is 15.4.